The summed E-state index contributed by atoms with van der Waals surface area (Å²) < 4.78 is 1.63. The number of carbonyl (C=O) groups is 1. The van der Waals surface area contributed by atoms with E-state index in [-0.39, 0.29) is 5.91 Å². The number of piperidine rings is 1. The zero-order chi connectivity index (χ0) is 14.1. The van der Waals surface area contributed by atoms with Gasteiger partial charge in [-0.15, -0.1) is 16.4 Å². The summed E-state index contributed by atoms with van der Waals surface area (Å²) in [5.74, 6) is 0.541. The number of likely N-dealkylation sites (tertiary alicyclic amines) is 1. The van der Waals surface area contributed by atoms with Gasteiger partial charge in [-0.05, 0) is 25.7 Å². The lowest BCUT2D eigenvalue weighted by molar-refractivity contribution is 0.0676. The van der Waals surface area contributed by atoms with E-state index in [1.165, 1.54) is 17.8 Å². The van der Waals surface area contributed by atoms with Crippen LogP contribution in [0.1, 0.15) is 35.9 Å². The molecule has 1 saturated heterocycles. The van der Waals surface area contributed by atoms with E-state index in [1.807, 2.05) is 17.2 Å². The summed E-state index contributed by atoms with van der Waals surface area (Å²) in [5.41, 5.74) is 1.19. The molecule has 1 aliphatic rings. The third-order valence-corrected chi connectivity index (χ3v) is 4.39. The lowest BCUT2D eigenvalue weighted by Crippen LogP contribution is -2.39. The van der Waals surface area contributed by atoms with Gasteiger partial charge in [0.25, 0.3) is 5.91 Å². The molecule has 2 aromatic rings. The third-order valence-electron chi connectivity index (χ3n) is 3.64. The first-order valence-corrected chi connectivity index (χ1v) is 7.66. The maximum atomic E-state index is 12.5. The molecule has 0 aromatic carbocycles. The number of aromatic nitrogens is 4. The summed E-state index contributed by atoms with van der Waals surface area (Å²) in [6.45, 7) is 5.66. The predicted molar refractivity (Wildman–Crippen MR) is 76.1 cm³/mol. The highest BCUT2D eigenvalue weighted by molar-refractivity contribution is 7.12. The van der Waals surface area contributed by atoms with Gasteiger partial charge in [0.05, 0.1) is 5.69 Å². The number of amides is 1. The third kappa shape index (κ3) is 2.33. The Morgan fingerprint density at radius 3 is 3.05 bits per heavy atom. The molecule has 6 nitrogen and oxygen atoms in total. The molecule has 0 aliphatic carbocycles. The van der Waals surface area contributed by atoms with Crippen LogP contribution in [0.2, 0.25) is 0 Å². The van der Waals surface area contributed by atoms with E-state index in [2.05, 4.69) is 22.2 Å². The summed E-state index contributed by atoms with van der Waals surface area (Å²) >= 11 is 1.48. The van der Waals surface area contributed by atoms with Crippen molar-refractivity contribution in [3.63, 3.8) is 0 Å². The lowest BCUT2D eigenvalue weighted by Gasteiger charge is -2.30. The topological polar surface area (TPSA) is 63.9 Å². The van der Waals surface area contributed by atoms with E-state index in [0.717, 1.165) is 30.3 Å². The largest absolute Gasteiger partial charge is 0.337 e. The summed E-state index contributed by atoms with van der Waals surface area (Å²) in [4.78, 5) is 18.6. The van der Waals surface area contributed by atoms with Crippen LogP contribution in [-0.4, -0.2) is 43.9 Å². The van der Waals surface area contributed by atoms with Gasteiger partial charge in [0.2, 0.25) is 5.13 Å². The Labute approximate surface area is 121 Å². The highest BCUT2D eigenvalue weighted by Crippen LogP contribution is 2.20. The molecule has 1 aliphatic heterocycles. The van der Waals surface area contributed by atoms with Crippen LogP contribution >= 0.6 is 11.3 Å². The molecule has 0 saturated carbocycles. The van der Waals surface area contributed by atoms with Crippen LogP contribution in [0.5, 0.6) is 0 Å². The Bertz CT molecular complexity index is 606. The van der Waals surface area contributed by atoms with Crippen molar-refractivity contribution in [1.29, 1.82) is 0 Å². The summed E-state index contributed by atoms with van der Waals surface area (Å²) in [5, 5.41) is 10.7. The molecule has 1 unspecified atom stereocenters. The van der Waals surface area contributed by atoms with Crippen LogP contribution in [0.3, 0.4) is 0 Å². The van der Waals surface area contributed by atoms with Crippen LogP contribution < -0.4 is 0 Å². The first kappa shape index (κ1) is 13.2. The minimum Gasteiger partial charge on any atom is -0.337 e. The summed E-state index contributed by atoms with van der Waals surface area (Å²) in [6, 6.07) is 0. The Balaban J connectivity index is 1.85. The molecule has 0 radical (unpaired) electrons. The standard InChI is InChI=1S/C13H17N5OS/c1-9-4-3-6-17(8-9)12(19)11-10(2)18(16-15-11)13-14-5-7-20-13/h5,7,9H,3-4,6,8H2,1-2H3. The number of carbonyl (C=O) groups excluding carboxylic acids is 1. The van der Waals surface area contributed by atoms with Crippen LogP contribution in [0.25, 0.3) is 5.13 Å². The summed E-state index contributed by atoms with van der Waals surface area (Å²) in [6.07, 6.45) is 3.97. The van der Waals surface area contributed by atoms with Gasteiger partial charge in [0.15, 0.2) is 5.69 Å². The molecule has 106 valence electrons. The van der Waals surface area contributed by atoms with E-state index >= 15 is 0 Å². The van der Waals surface area contributed by atoms with E-state index in [0.29, 0.717) is 11.6 Å². The van der Waals surface area contributed by atoms with Gasteiger partial charge in [-0.1, -0.05) is 12.1 Å². The predicted octanol–water partition coefficient (Wildman–Crippen LogP) is 1.90. The zero-order valence-corrected chi connectivity index (χ0v) is 12.4. The first-order chi connectivity index (χ1) is 9.66. The van der Waals surface area contributed by atoms with Gasteiger partial charge in [-0.25, -0.2) is 4.98 Å². The molecule has 2 aromatic heterocycles. The highest BCUT2D eigenvalue weighted by atomic mass is 32.1. The molecule has 20 heavy (non-hydrogen) atoms. The van der Waals surface area contributed by atoms with Crippen LogP contribution in [0.15, 0.2) is 11.6 Å². The van der Waals surface area contributed by atoms with Crippen molar-refractivity contribution in [2.24, 2.45) is 5.92 Å². The average molecular weight is 291 g/mol. The number of hydrogen-bond donors (Lipinski definition) is 0. The Kier molecular flexibility index (Phi) is 3.52. The molecule has 0 spiro atoms. The smallest absolute Gasteiger partial charge is 0.276 e. The fourth-order valence-electron chi connectivity index (χ4n) is 2.55. The van der Waals surface area contributed by atoms with Crippen LogP contribution in [0, 0.1) is 12.8 Å². The second kappa shape index (κ2) is 5.32. The molecule has 7 heteroatoms. The molecule has 0 bridgehead atoms. The van der Waals surface area contributed by atoms with Crippen molar-refractivity contribution in [3.05, 3.63) is 23.0 Å². The van der Waals surface area contributed by atoms with Crippen LogP contribution in [0.4, 0.5) is 0 Å². The molecule has 3 heterocycles. The fraction of sp³-hybridized carbons (Fsp3) is 0.538. The monoisotopic (exact) mass is 291 g/mol. The van der Waals surface area contributed by atoms with Gasteiger partial charge in [0, 0.05) is 24.7 Å². The minimum absolute atomic E-state index is 0.0168. The Morgan fingerprint density at radius 1 is 1.50 bits per heavy atom. The number of nitrogens with zero attached hydrogens (tertiary/aromatic N) is 5. The lowest BCUT2D eigenvalue weighted by atomic mass is 10.00. The fourth-order valence-corrected chi connectivity index (χ4v) is 3.19. The van der Waals surface area contributed by atoms with Gasteiger partial charge < -0.3 is 4.90 Å². The Hall–Kier alpha value is -1.76. The Morgan fingerprint density at radius 2 is 2.35 bits per heavy atom. The maximum Gasteiger partial charge on any atom is 0.276 e. The molecule has 0 N–H and O–H groups in total. The summed E-state index contributed by atoms with van der Waals surface area (Å²) in [7, 11) is 0. The van der Waals surface area contributed by atoms with Gasteiger partial charge >= 0.3 is 0 Å². The van der Waals surface area contributed by atoms with E-state index in [1.54, 1.807) is 10.9 Å². The van der Waals surface area contributed by atoms with Gasteiger partial charge in [-0.2, -0.15) is 4.68 Å². The second-order valence-corrected chi connectivity index (χ2v) is 6.12. The van der Waals surface area contributed by atoms with Crippen molar-refractivity contribution in [2.75, 3.05) is 13.1 Å². The molecule has 3 rings (SSSR count). The van der Waals surface area contributed by atoms with Crippen molar-refractivity contribution >= 4 is 17.2 Å². The second-order valence-electron chi connectivity index (χ2n) is 5.25. The maximum absolute atomic E-state index is 12.5. The normalized spacial score (nSPS) is 19.3. The van der Waals surface area contributed by atoms with Crippen molar-refractivity contribution in [2.45, 2.75) is 26.7 Å². The number of rotatable bonds is 2. The molecule has 1 fully saturated rings. The first-order valence-electron chi connectivity index (χ1n) is 6.78. The van der Waals surface area contributed by atoms with E-state index in [9.17, 15) is 4.79 Å². The minimum atomic E-state index is -0.0168. The van der Waals surface area contributed by atoms with Gasteiger partial charge in [0.1, 0.15) is 0 Å². The molecule has 1 amide bonds. The molecular weight excluding hydrogens is 274 g/mol. The molecular formula is C13H17N5OS. The van der Waals surface area contributed by atoms with E-state index < -0.39 is 0 Å². The average Bonchev–Trinajstić information content (AvgIpc) is 3.07. The molecule has 1 atom stereocenters. The van der Waals surface area contributed by atoms with Crippen molar-refractivity contribution in [1.82, 2.24) is 24.9 Å². The number of hydrogen-bond acceptors (Lipinski definition) is 5. The number of thiazole rings is 1. The zero-order valence-electron chi connectivity index (χ0n) is 11.6. The van der Waals surface area contributed by atoms with Crippen molar-refractivity contribution in [3.8, 4) is 5.13 Å². The SMILES string of the molecule is Cc1c(C(=O)N2CCCC(C)C2)nnn1-c1nccs1. The van der Waals surface area contributed by atoms with E-state index in [4.69, 9.17) is 0 Å². The quantitative estimate of drug-likeness (QED) is 0.848. The van der Waals surface area contributed by atoms with Gasteiger partial charge in [-0.3, -0.25) is 4.79 Å². The van der Waals surface area contributed by atoms with Crippen LogP contribution in [-0.2, 0) is 0 Å². The van der Waals surface area contributed by atoms with Crippen molar-refractivity contribution < 1.29 is 4.79 Å². The highest BCUT2D eigenvalue weighted by Gasteiger charge is 2.26.